The maximum Gasteiger partial charge on any atom is 0.143 e. The summed E-state index contributed by atoms with van der Waals surface area (Å²) in [6.45, 7) is 4.86. The van der Waals surface area contributed by atoms with Crippen molar-refractivity contribution in [3.05, 3.63) is 42.5 Å². The molecule has 1 aromatic carbocycles. The highest BCUT2D eigenvalue weighted by atomic mass is 16.5. The number of nitrogens with one attached hydrogen (secondary N) is 1. The second kappa shape index (κ2) is 6.09. The molecular weight excluding hydrogens is 250 g/mol. The molecule has 0 radical (unpaired) electrons. The average Bonchev–Trinajstić information content (AvgIpc) is 2.98. The predicted molar refractivity (Wildman–Crippen MR) is 79.6 cm³/mol. The van der Waals surface area contributed by atoms with Gasteiger partial charge >= 0.3 is 0 Å². The number of benzene rings is 1. The summed E-state index contributed by atoms with van der Waals surface area (Å²) >= 11 is 0. The number of aromatic nitrogens is 2. The molecule has 1 fully saturated rings. The van der Waals surface area contributed by atoms with Crippen molar-refractivity contribution in [1.29, 1.82) is 0 Å². The molecule has 0 saturated carbocycles. The summed E-state index contributed by atoms with van der Waals surface area (Å²) in [6, 6.07) is 8.17. The van der Waals surface area contributed by atoms with Crippen molar-refractivity contribution in [1.82, 2.24) is 14.9 Å². The molecule has 0 unspecified atom stereocenters. The molecule has 2 heterocycles. The van der Waals surface area contributed by atoms with E-state index in [4.69, 9.17) is 4.74 Å². The standard InChI is InChI=1S/C16H21N3O/c1-2-20-16-6-4-3-5-14(16)19-12-18-11-15(19)13-7-9-17-10-8-13/h3-6,11-13,17H,2,7-10H2,1H3. The second-order valence-corrected chi connectivity index (χ2v) is 5.11. The van der Waals surface area contributed by atoms with E-state index in [9.17, 15) is 0 Å². The first kappa shape index (κ1) is 13.2. The minimum Gasteiger partial charge on any atom is -0.492 e. The summed E-state index contributed by atoms with van der Waals surface area (Å²) in [5, 5.41) is 3.41. The van der Waals surface area contributed by atoms with Gasteiger partial charge in [-0.1, -0.05) is 12.1 Å². The first-order valence-corrected chi connectivity index (χ1v) is 7.35. The van der Waals surface area contributed by atoms with Crippen molar-refractivity contribution in [3.63, 3.8) is 0 Å². The van der Waals surface area contributed by atoms with Crippen molar-refractivity contribution in [3.8, 4) is 11.4 Å². The molecule has 106 valence electrons. The summed E-state index contributed by atoms with van der Waals surface area (Å²) in [5.74, 6) is 1.50. The van der Waals surface area contributed by atoms with Crippen LogP contribution in [-0.2, 0) is 0 Å². The Hall–Kier alpha value is -1.81. The molecule has 1 aliphatic rings. The molecule has 0 aliphatic carbocycles. The van der Waals surface area contributed by atoms with Gasteiger partial charge in [0.15, 0.2) is 0 Å². The molecule has 0 spiro atoms. The van der Waals surface area contributed by atoms with Crippen LogP contribution in [0.25, 0.3) is 5.69 Å². The highest BCUT2D eigenvalue weighted by molar-refractivity contribution is 5.48. The van der Waals surface area contributed by atoms with E-state index >= 15 is 0 Å². The van der Waals surface area contributed by atoms with Crippen LogP contribution in [0.3, 0.4) is 0 Å². The van der Waals surface area contributed by atoms with Crippen LogP contribution >= 0.6 is 0 Å². The molecule has 0 atom stereocenters. The van der Waals surface area contributed by atoms with Crippen LogP contribution in [0.15, 0.2) is 36.8 Å². The van der Waals surface area contributed by atoms with Crippen molar-refractivity contribution in [2.24, 2.45) is 0 Å². The molecule has 1 saturated heterocycles. The van der Waals surface area contributed by atoms with Crippen molar-refractivity contribution < 1.29 is 4.74 Å². The molecule has 1 aliphatic heterocycles. The summed E-state index contributed by atoms with van der Waals surface area (Å²) in [5.41, 5.74) is 2.37. The Bertz CT molecular complexity index is 558. The average molecular weight is 271 g/mol. The lowest BCUT2D eigenvalue weighted by Gasteiger charge is -2.24. The van der Waals surface area contributed by atoms with Crippen LogP contribution in [-0.4, -0.2) is 29.2 Å². The fourth-order valence-electron chi connectivity index (χ4n) is 2.86. The minimum atomic E-state index is 0.577. The second-order valence-electron chi connectivity index (χ2n) is 5.11. The number of para-hydroxylation sites is 2. The molecule has 1 N–H and O–H groups in total. The van der Waals surface area contributed by atoms with Crippen molar-refractivity contribution >= 4 is 0 Å². The zero-order valence-electron chi connectivity index (χ0n) is 11.9. The van der Waals surface area contributed by atoms with E-state index in [1.54, 1.807) is 0 Å². The number of rotatable bonds is 4. The first-order chi connectivity index (χ1) is 9.90. The van der Waals surface area contributed by atoms with Crippen LogP contribution in [0.1, 0.15) is 31.4 Å². The molecule has 4 nitrogen and oxygen atoms in total. The predicted octanol–water partition coefficient (Wildman–Crippen LogP) is 2.74. The molecule has 4 heteroatoms. The highest BCUT2D eigenvalue weighted by Crippen LogP contribution is 2.30. The summed E-state index contributed by atoms with van der Waals surface area (Å²) in [6.07, 6.45) is 6.24. The van der Waals surface area contributed by atoms with Gasteiger partial charge in [-0.05, 0) is 45.0 Å². The number of ether oxygens (including phenoxy) is 1. The topological polar surface area (TPSA) is 39.1 Å². The van der Waals surface area contributed by atoms with E-state index in [0.717, 1.165) is 24.5 Å². The fraction of sp³-hybridized carbons (Fsp3) is 0.438. The van der Waals surface area contributed by atoms with Crippen LogP contribution in [0, 0.1) is 0 Å². The summed E-state index contributed by atoms with van der Waals surface area (Å²) < 4.78 is 7.92. The lowest BCUT2D eigenvalue weighted by atomic mass is 9.95. The third-order valence-electron chi connectivity index (χ3n) is 3.85. The number of imidazole rings is 1. The molecule has 3 rings (SSSR count). The lowest BCUT2D eigenvalue weighted by Crippen LogP contribution is -2.27. The van der Waals surface area contributed by atoms with Crippen LogP contribution in [0.4, 0.5) is 0 Å². The maximum atomic E-state index is 5.74. The highest BCUT2D eigenvalue weighted by Gasteiger charge is 2.20. The monoisotopic (exact) mass is 271 g/mol. The Kier molecular flexibility index (Phi) is 4.02. The molecule has 0 bridgehead atoms. The fourth-order valence-corrected chi connectivity index (χ4v) is 2.86. The lowest BCUT2D eigenvalue weighted by molar-refractivity contribution is 0.338. The van der Waals surface area contributed by atoms with Crippen molar-refractivity contribution in [2.45, 2.75) is 25.7 Å². The van der Waals surface area contributed by atoms with Gasteiger partial charge in [0, 0.05) is 17.8 Å². The smallest absolute Gasteiger partial charge is 0.143 e. The van der Waals surface area contributed by atoms with Gasteiger partial charge in [0.2, 0.25) is 0 Å². The van der Waals surface area contributed by atoms with E-state index < -0.39 is 0 Å². The number of hydrogen-bond acceptors (Lipinski definition) is 3. The van der Waals surface area contributed by atoms with Gasteiger partial charge in [0.1, 0.15) is 5.75 Å². The number of nitrogens with zero attached hydrogens (tertiary/aromatic N) is 2. The van der Waals surface area contributed by atoms with Crippen LogP contribution < -0.4 is 10.1 Å². The minimum absolute atomic E-state index is 0.577. The summed E-state index contributed by atoms with van der Waals surface area (Å²) in [4.78, 5) is 4.36. The largest absolute Gasteiger partial charge is 0.492 e. The van der Waals surface area contributed by atoms with Crippen molar-refractivity contribution in [2.75, 3.05) is 19.7 Å². The maximum absolute atomic E-state index is 5.74. The van der Waals surface area contributed by atoms with E-state index in [1.165, 1.54) is 18.5 Å². The molecule has 2 aromatic rings. The van der Waals surface area contributed by atoms with E-state index in [1.807, 2.05) is 37.6 Å². The van der Waals surface area contributed by atoms with E-state index in [0.29, 0.717) is 12.5 Å². The van der Waals surface area contributed by atoms with Gasteiger partial charge in [0.05, 0.1) is 18.6 Å². The Morgan fingerprint density at radius 3 is 2.90 bits per heavy atom. The van der Waals surface area contributed by atoms with Gasteiger partial charge in [-0.25, -0.2) is 4.98 Å². The van der Waals surface area contributed by atoms with Gasteiger partial charge in [0.25, 0.3) is 0 Å². The van der Waals surface area contributed by atoms with Gasteiger partial charge in [-0.2, -0.15) is 0 Å². The first-order valence-electron chi connectivity index (χ1n) is 7.35. The molecule has 20 heavy (non-hydrogen) atoms. The normalized spacial score (nSPS) is 16.2. The van der Waals surface area contributed by atoms with Crippen LogP contribution in [0.2, 0.25) is 0 Å². The third-order valence-corrected chi connectivity index (χ3v) is 3.85. The molecular formula is C16H21N3O. The SMILES string of the molecule is CCOc1ccccc1-n1cncc1C1CCNCC1. The van der Waals surface area contributed by atoms with Gasteiger partial charge < -0.3 is 10.1 Å². The van der Waals surface area contributed by atoms with Gasteiger partial charge in [-0.3, -0.25) is 4.57 Å². The molecule has 1 aromatic heterocycles. The van der Waals surface area contributed by atoms with E-state index in [2.05, 4.69) is 20.9 Å². The van der Waals surface area contributed by atoms with Gasteiger partial charge in [-0.15, -0.1) is 0 Å². The quantitative estimate of drug-likeness (QED) is 0.929. The number of piperidine rings is 1. The third kappa shape index (κ3) is 2.56. The Morgan fingerprint density at radius 1 is 1.30 bits per heavy atom. The van der Waals surface area contributed by atoms with Crippen LogP contribution in [0.5, 0.6) is 5.75 Å². The Balaban J connectivity index is 1.96. The van der Waals surface area contributed by atoms with E-state index in [-0.39, 0.29) is 0 Å². The Labute approximate surface area is 119 Å². The Morgan fingerprint density at radius 2 is 2.10 bits per heavy atom. The number of hydrogen-bond donors (Lipinski definition) is 1. The zero-order chi connectivity index (χ0) is 13.8. The summed E-state index contributed by atoms with van der Waals surface area (Å²) in [7, 11) is 0. The molecule has 0 amide bonds. The zero-order valence-corrected chi connectivity index (χ0v) is 11.9.